The number of carboxylic acids is 1. The number of hydrogen-bond donors (Lipinski definition) is 1. The third-order valence-electron chi connectivity index (χ3n) is 7.36. The van der Waals surface area contributed by atoms with Gasteiger partial charge in [-0.15, -0.1) is 0 Å². The molecule has 2 atom stereocenters. The highest BCUT2D eigenvalue weighted by atomic mass is 16.5. The lowest BCUT2D eigenvalue weighted by Crippen LogP contribution is -2.39. The van der Waals surface area contributed by atoms with Gasteiger partial charge in [-0.25, -0.2) is 9.59 Å². The zero-order valence-corrected chi connectivity index (χ0v) is 16.9. The minimum absolute atomic E-state index is 0.150. The summed E-state index contributed by atoms with van der Waals surface area (Å²) in [6, 6.07) is 7.66. The molecular formula is C22H26O5. The fraction of sp³-hybridized carbons (Fsp3) is 0.455. The maximum Gasteiger partial charge on any atom is 0.335 e. The van der Waals surface area contributed by atoms with Gasteiger partial charge in [0.1, 0.15) is 5.75 Å². The highest BCUT2D eigenvalue weighted by Gasteiger charge is 2.72. The summed E-state index contributed by atoms with van der Waals surface area (Å²) in [5, 5.41) is 10.0. The van der Waals surface area contributed by atoms with E-state index < -0.39 is 28.2 Å². The Balaban J connectivity index is 2.36. The molecule has 0 radical (unpaired) electrons. The molecule has 0 spiro atoms. The maximum absolute atomic E-state index is 12.8. The molecule has 27 heavy (non-hydrogen) atoms. The number of carbonyl (C=O) groups excluding carboxylic acids is 1. The van der Waals surface area contributed by atoms with E-state index in [4.69, 9.17) is 9.47 Å². The smallest absolute Gasteiger partial charge is 0.335 e. The van der Waals surface area contributed by atoms with Crippen molar-refractivity contribution in [1.82, 2.24) is 0 Å². The van der Waals surface area contributed by atoms with Crippen molar-refractivity contribution in [3.63, 3.8) is 0 Å². The van der Waals surface area contributed by atoms with Gasteiger partial charge in [0.2, 0.25) is 0 Å². The molecule has 0 fully saturated rings. The Kier molecular flexibility index (Phi) is 4.07. The summed E-state index contributed by atoms with van der Waals surface area (Å²) in [6.07, 6.45) is 0. The Morgan fingerprint density at radius 1 is 0.926 bits per heavy atom. The minimum atomic E-state index is -1.07. The van der Waals surface area contributed by atoms with E-state index in [1.165, 1.54) is 7.11 Å². The van der Waals surface area contributed by atoms with Gasteiger partial charge in [-0.2, -0.15) is 0 Å². The molecule has 1 aromatic rings. The van der Waals surface area contributed by atoms with E-state index in [2.05, 4.69) is 0 Å². The molecule has 5 nitrogen and oxygen atoms in total. The van der Waals surface area contributed by atoms with Crippen LogP contribution in [0.25, 0.3) is 5.57 Å². The van der Waals surface area contributed by atoms with Crippen LogP contribution >= 0.6 is 0 Å². The van der Waals surface area contributed by atoms with E-state index in [0.29, 0.717) is 0 Å². The zero-order valence-electron chi connectivity index (χ0n) is 16.9. The SMILES string of the molecule is COC(=O)C1=C(C(=O)O)C2(C)C(C)=C(c3ccc(OC)cc3)C1(C)C2(C)C. The Morgan fingerprint density at radius 3 is 1.93 bits per heavy atom. The number of ether oxygens (including phenoxy) is 2. The van der Waals surface area contributed by atoms with Crippen molar-refractivity contribution >= 4 is 17.5 Å². The van der Waals surface area contributed by atoms with Gasteiger partial charge in [-0.05, 0) is 35.6 Å². The molecule has 0 saturated heterocycles. The predicted octanol–water partition coefficient (Wildman–Crippen LogP) is 4.09. The molecular weight excluding hydrogens is 344 g/mol. The molecule has 2 aliphatic carbocycles. The van der Waals surface area contributed by atoms with Gasteiger partial charge in [-0.3, -0.25) is 0 Å². The highest BCUT2D eigenvalue weighted by Crippen LogP contribution is 2.77. The van der Waals surface area contributed by atoms with Crippen LogP contribution in [0, 0.1) is 16.2 Å². The van der Waals surface area contributed by atoms with Crippen LogP contribution in [-0.4, -0.2) is 31.3 Å². The second kappa shape index (κ2) is 5.72. The second-order valence-corrected chi connectivity index (χ2v) is 8.15. The minimum Gasteiger partial charge on any atom is -0.497 e. The monoisotopic (exact) mass is 370 g/mol. The summed E-state index contributed by atoms with van der Waals surface area (Å²) in [5.74, 6) is -0.904. The van der Waals surface area contributed by atoms with Crippen molar-refractivity contribution in [3.05, 3.63) is 46.5 Å². The molecule has 3 rings (SSSR count). The third-order valence-corrected chi connectivity index (χ3v) is 7.36. The fourth-order valence-corrected chi connectivity index (χ4v) is 5.34. The number of rotatable bonds is 4. The molecule has 0 saturated carbocycles. The Bertz CT molecular complexity index is 903. The lowest BCUT2D eigenvalue weighted by atomic mass is 9.59. The molecule has 0 heterocycles. The van der Waals surface area contributed by atoms with Crippen LogP contribution in [0.3, 0.4) is 0 Å². The number of carbonyl (C=O) groups is 2. The summed E-state index contributed by atoms with van der Waals surface area (Å²) in [7, 11) is 2.91. The van der Waals surface area contributed by atoms with E-state index in [-0.39, 0.29) is 11.1 Å². The first-order chi connectivity index (χ1) is 12.5. The van der Waals surface area contributed by atoms with Gasteiger partial charge >= 0.3 is 11.9 Å². The first-order valence-electron chi connectivity index (χ1n) is 8.93. The van der Waals surface area contributed by atoms with Crippen LogP contribution in [-0.2, 0) is 14.3 Å². The van der Waals surface area contributed by atoms with Crippen molar-refractivity contribution in [1.29, 1.82) is 0 Å². The van der Waals surface area contributed by atoms with Crippen LogP contribution in [0.1, 0.15) is 40.2 Å². The average Bonchev–Trinajstić information content (AvgIpc) is 2.84. The number of fused-ring (bicyclic) bond motifs is 2. The first kappa shape index (κ1) is 19.2. The van der Waals surface area contributed by atoms with Crippen molar-refractivity contribution in [3.8, 4) is 5.75 Å². The topological polar surface area (TPSA) is 72.8 Å². The number of carboxylic acid groups (broad SMARTS) is 1. The quantitative estimate of drug-likeness (QED) is 0.808. The average molecular weight is 370 g/mol. The van der Waals surface area contributed by atoms with Crippen LogP contribution in [0.5, 0.6) is 5.75 Å². The Hall–Kier alpha value is -2.56. The summed E-state index contributed by atoms with van der Waals surface area (Å²) in [4.78, 5) is 25.0. The molecule has 144 valence electrons. The lowest BCUT2D eigenvalue weighted by molar-refractivity contribution is -0.138. The van der Waals surface area contributed by atoms with Crippen molar-refractivity contribution in [2.75, 3.05) is 14.2 Å². The van der Waals surface area contributed by atoms with Crippen LogP contribution in [0.15, 0.2) is 41.0 Å². The largest absolute Gasteiger partial charge is 0.497 e. The molecule has 5 heteroatoms. The number of allylic oxidation sites excluding steroid dienone is 2. The van der Waals surface area contributed by atoms with Crippen molar-refractivity contribution in [2.24, 2.45) is 16.2 Å². The zero-order chi connectivity index (χ0) is 20.4. The second-order valence-electron chi connectivity index (χ2n) is 8.15. The van der Waals surface area contributed by atoms with Gasteiger partial charge in [0.15, 0.2) is 0 Å². The normalized spacial score (nSPS) is 28.6. The fourth-order valence-electron chi connectivity index (χ4n) is 5.34. The summed E-state index contributed by atoms with van der Waals surface area (Å²) in [5.41, 5.74) is 1.23. The highest BCUT2D eigenvalue weighted by molar-refractivity contribution is 6.09. The maximum atomic E-state index is 12.8. The van der Waals surface area contributed by atoms with E-state index in [0.717, 1.165) is 22.5 Å². The number of methoxy groups -OCH3 is 2. The Morgan fingerprint density at radius 2 is 1.48 bits per heavy atom. The number of esters is 1. The molecule has 0 amide bonds. The van der Waals surface area contributed by atoms with Gasteiger partial charge in [0, 0.05) is 10.8 Å². The number of hydrogen-bond acceptors (Lipinski definition) is 4. The van der Waals surface area contributed by atoms with Gasteiger partial charge in [0.05, 0.1) is 25.4 Å². The molecule has 2 aliphatic rings. The van der Waals surface area contributed by atoms with E-state index in [1.807, 2.05) is 58.9 Å². The molecule has 2 unspecified atom stereocenters. The van der Waals surface area contributed by atoms with Crippen LogP contribution in [0.4, 0.5) is 0 Å². The summed E-state index contributed by atoms with van der Waals surface area (Å²) >= 11 is 0. The van der Waals surface area contributed by atoms with Crippen molar-refractivity contribution in [2.45, 2.75) is 34.6 Å². The van der Waals surface area contributed by atoms with Crippen molar-refractivity contribution < 1.29 is 24.2 Å². The molecule has 1 aromatic carbocycles. The predicted molar refractivity (Wildman–Crippen MR) is 102 cm³/mol. The van der Waals surface area contributed by atoms with E-state index >= 15 is 0 Å². The summed E-state index contributed by atoms with van der Waals surface area (Å²) < 4.78 is 10.3. The first-order valence-corrected chi connectivity index (χ1v) is 8.93. The van der Waals surface area contributed by atoms with Gasteiger partial charge in [-0.1, -0.05) is 45.4 Å². The molecule has 1 N–H and O–H groups in total. The third kappa shape index (κ3) is 2.00. The number of benzene rings is 1. The standard InChI is InChI=1S/C22H26O5/c1-12-15(13-8-10-14(26-6)11-9-13)22(5)17(19(25)27-7)16(18(23)24)21(12,4)20(22,2)3/h8-11H,1-7H3,(H,23,24). The van der Waals surface area contributed by atoms with Gasteiger partial charge < -0.3 is 14.6 Å². The molecule has 0 aromatic heterocycles. The van der Waals surface area contributed by atoms with Gasteiger partial charge in [0.25, 0.3) is 0 Å². The van der Waals surface area contributed by atoms with E-state index in [9.17, 15) is 14.7 Å². The van der Waals surface area contributed by atoms with Crippen LogP contribution in [0.2, 0.25) is 0 Å². The van der Waals surface area contributed by atoms with E-state index in [1.54, 1.807) is 7.11 Å². The van der Waals surface area contributed by atoms with Crippen LogP contribution < -0.4 is 4.74 Å². The summed E-state index contributed by atoms with van der Waals surface area (Å²) in [6.45, 7) is 9.93. The lowest BCUT2D eigenvalue weighted by Gasteiger charge is -2.42. The molecule has 2 bridgehead atoms. The number of aliphatic carboxylic acids is 1. The molecule has 0 aliphatic heterocycles. The Labute approximate surface area is 159 Å².